The third kappa shape index (κ3) is 3.25. The lowest BCUT2D eigenvalue weighted by atomic mass is 9.99. The molecule has 0 bridgehead atoms. The summed E-state index contributed by atoms with van der Waals surface area (Å²) in [5, 5.41) is 9.74. The quantitative estimate of drug-likeness (QED) is 0.801. The third-order valence-corrected chi connectivity index (χ3v) is 3.68. The standard InChI is InChI=1S/C15H18N4O3/c1-9-5-11(6-14(20)16-9)15(21)17-13-7-12(18-19-13)10-3-2-4-22-8-10/h5-7,10H,2-4,8H2,1H3,(H,16,20)(H2,17,18,19,21). The number of pyridine rings is 1. The topological polar surface area (TPSA) is 99.9 Å². The number of rotatable bonds is 3. The van der Waals surface area contributed by atoms with Gasteiger partial charge in [0.15, 0.2) is 5.82 Å². The van der Waals surface area contributed by atoms with E-state index < -0.39 is 0 Å². The summed E-state index contributed by atoms with van der Waals surface area (Å²) in [6, 6.07) is 4.71. The first-order valence-electron chi connectivity index (χ1n) is 7.27. The maximum Gasteiger partial charge on any atom is 0.257 e. The lowest BCUT2D eigenvalue weighted by Crippen LogP contribution is -2.17. The van der Waals surface area contributed by atoms with Gasteiger partial charge in [-0.3, -0.25) is 14.7 Å². The van der Waals surface area contributed by atoms with E-state index in [0.29, 0.717) is 23.7 Å². The van der Waals surface area contributed by atoms with Crippen LogP contribution in [0.2, 0.25) is 0 Å². The predicted molar refractivity (Wildman–Crippen MR) is 81.1 cm³/mol. The van der Waals surface area contributed by atoms with E-state index in [4.69, 9.17) is 4.74 Å². The normalized spacial score (nSPS) is 18.1. The van der Waals surface area contributed by atoms with E-state index in [2.05, 4.69) is 20.5 Å². The lowest BCUT2D eigenvalue weighted by molar-refractivity contribution is 0.0793. The van der Waals surface area contributed by atoms with Crippen molar-refractivity contribution in [3.05, 3.63) is 45.5 Å². The molecule has 3 rings (SSSR count). The maximum atomic E-state index is 12.2. The van der Waals surface area contributed by atoms with Gasteiger partial charge in [0.2, 0.25) is 5.56 Å². The van der Waals surface area contributed by atoms with Gasteiger partial charge in [-0.2, -0.15) is 5.10 Å². The molecule has 0 spiro atoms. The van der Waals surface area contributed by atoms with Crippen molar-refractivity contribution >= 4 is 11.7 Å². The van der Waals surface area contributed by atoms with E-state index in [1.165, 1.54) is 6.07 Å². The largest absolute Gasteiger partial charge is 0.381 e. The molecule has 7 heteroatoms. The summed E-state index contributed by atoms with van der Waals surface area (Å²) in [6.07, 6.45) is 2.07. The number of amides is 1. The Kier molecular flexibility index (Phi) is 4.06. The van der Waals surface area contributed by atoms with Gasteiger partial charge in [-0.05, 0) is 25.8 Å². The molecular weight excluding hydrogens is 284 g/mol. The molecule has 1 amide bonds. The fourth-order valence-electron chi connectivity index (χ4n) is 2.60. The molecular formula is C15H18N4O3. The van der Waals surface area contributed by atoms with Crippen LogP contribution in [0.5, 0.6) is 0 Å². The molecule has 1 saturated heterocycles. The van der Waals surface area contributed by atoms with Gasteiger partial charge in [-0.15, -0.1) is 0 Å². The number of aromatic nitrogens is 3. The predicted octanol–water partition coefficient (Wildman–Crippen LogP) is 1.55. The van der Waals surface area contributed by atoms with Crippen LogP contribution in [0.15, 0.2) is 23.0 Å². The van der Waals surface area contributed by atoms with Crippen molar-refractivity contribution in [1.29, 1.82) is 0 Å². The van der Waals surface area contributed by atoms with Gasteiger partial charge in [0.1, 0.15) is 0 Å². The minimum atomic E-state index is -0.354. The van der Waals surface area contributed by atoms with E-state index in [1.54, 1.807) is 13.0 Å². The van der Waals surface area contributed by atoms with Gasteiger partial charge in [-0.1, -0.05) is 0 Å². The molecule has 1 aliphatic heterocycles. The summed E-state index contributed by atoms with van der Waals surface area (Å²) in [6.45, 7) is 3.20. The van der Waals surface area contributed by atoms with Crippen LogP contribution >= 0.6 is 0 Å². The highest BCUT2D eigenvalue weighted by molar-refractivity contribution is 6.03. The summed E-state index contributed by atoms with van der Waals surface area (Å²) in [5.74, 6) is 0.379. The van der Waals surface area contributed by atoms with Crippen LogP contribution in [0.4, 0.5) is 5.82 Å². The second-order valence-electron chi connectivity index (χ2n) is 5.49. The molecule has 1 fully saturated rings. The Morgan fingerprint density at radius 3 is 3.00 bits per heavy atom. The Labute approximate surface area is 127 Å². The molecule has 3 N–H and O–H groups in total. The summed E-state index contributed by atoms with van der Waals surface area (Å²) >= 11 is 0. The van der Waals surface area contributed by atoms with Crippen molar-refractivity contribution in [2.75, 3.05) is 18.5 Å². The lowest BCUT2D eigenvalue weighted by Gasteiger charge is -2.20. The number of hydrogen-bond acceptors (Lipinski definition) is 4. The number of hydrogen-bond donors (Lipinski definition) is 3. The second kappa shape index (κ2) is 6.15. The van der Waals surface area contributed by atoms with Crippen LogP contribution in [-0.2, 0) is 4.74 Å². The van der Waals surface area contributed by atoms with Crippen molar-refractivity contribution in [1.82, 2.24) is 15.2 Å². The van der Waals surface area contributed by atoms with Crippen LogP contribution in [0.3, 0.4) is 0 Å². The zero-order valence-corrected chi connectivity index (χ0v) is 12.3. The molecule has 0 saturated carbocycles. The molecule has 0 aromatic carbocycles. The van der Waals surface area contributed by atoms with Gasteiger partial charge in [0.25, 0.3) is 5.91 Å². The first-order valence-corrected chi connectivity index (χ1v) is 7.27. The SMILES string of the molecule is Cc1cc(C(=O)Nc2cc(C3CCCOC3)[nH]n2)cc(=O)[nH]1. The Bertz CT molecular complexity index is 728. The number of H-pyrrole nitrogens is 2. The van der Waals surface area contributed by atoms with E-state index in [-0.39, 0.29) is 17.4 Å². The molecule has 2 aromatic rings. The summed E-state index contributed by atoms with van der Waals surface area (Å²) < 4.78 is 5.45. The minimum absolute atomic E-state index is 0.286. The monoisotopic (exact) mass is 302 g/mol. The fourth-order valence-corrected chi connectivity index (χ4v) is 2.60. The van der Waals surface area contributed by atoms with Crippen LogP contribution < -0.4 is 10.9 Å². The molecule has 0 aliphatic carbocycles. The smallest absolute Gasteiger partial charge is 0.257 e. The molecule has 0 radical (unpaired) electrons. The van der Waals surface area contributed by atoms with Crippen LogP contribution in [-0.4, -0.2) is 34.3 Å². The van der Waals surface area contributed by atoms with Gasteiger partial charge >= 0.3 is 0 Å². The van der Waals surface area contributed by atoms with E-state index >= 15 is 0 Å². The number of aryl methyl sites for hydroxylation is 1. The number of anilines is 1. The minimum Gasteiger partial charge on any atom is -0.381 e. The summed E-state index contributed by atoms with van der Waals surface area (Å²) in [5.41, 5.74) is 1.61. The molecule has 116 valence electrons. The molecule has 1 unspecified atom stereocenters. The number of nitrogens with zero attached hydrogens (tertiary/aromatic N) is 1. The van der Waals surface area contributed by atoms with E-state index in [9.17, 15) is 9.59 Å². The zero-order valence-electron chi connectivity index (χ0n) is 12.3. The molecule has 3 heterocycles. The number of ether oxygens (including phenoxy) is 1. The van der Waals surface area contributed by atoms with Crippen LogP contribution in [0.25, 0.3) is 0 Å². The van der Waals surface area contributed by atoms with Crippen LogP contribution in [0.1, 0.15) is 40.5 Å². The maximum absolute atomic E-state index is 12.2. The number of aromatic amines is 2. The Morgan fingerprint density at radius 2 is 2.27 bits per heavy atom. The van der Waals surface area contributed by atoms with Gasteiger partial charge in [0.05, 0.1) is 6.61 Å². The number of nitrogens with one attached hydrogen (secondary N) is 3. The van der Waals surface area contributed by atoms with Crippen molar-refractivity contribution in [2.24, 2.45) is 0 Å². The molecule has 22 heavy (non-hydrogen) atoms. The Balaban J connectivity index is 1.71. The first kappa shape index (κ1) is 14.5. The van der Waals surface area contributed by atoms with Crippen molar-refractivity contribution in [3.8, 4) is 0 Å². The second-order valence-corrected chi connectivity index (χ2v) is 5.49. The Morgan fingerprint density at radius 1 is 1.41 bits per heavy atom. The fraction of sp³-hybridized carbons (Fsp3) is 0.400. The van der Waals surface area contributed by atoms with E-state index in [0.717, 1.165) is 25.1 Å². The molecule has 7 nitrogen and oxygen atoms in total. The highest BCUT2D eigenvalue weighted by atomic mass is 16.5. The molecule has 2 aromatic heterocycles. The average molecular weight is 302 g/mol. The average Bonchev–Trinajstić information content (AvgIpc) is 2.95. The number of carbonyl (C=O) groups is 1. The van der Waals surface area contributed by atoms with Gasteiger partial charge in [-0.25, -0.2) is 0 Å². The number of carbonyl (C=O) groups excluding carboxylic acids is 1. The van der Waals surface area contributed by atoms with Crippen LogP contribution in [0, 0.1) is 6.92 Å². The highest BCUT2D eigenvalue weighted by Gasteiger charge is 2.19. The summed E-state index contributed by atoms with van der Waals surface area (Å²) in [7, 11) is 0. The molecule has 1 aliphatic rings. The molecule has 1 atom stereocenters. The van der Waals surface area contributed by atoms with Gasteiger partial charge in [0, 0.05) is 41.6 Å². The van der Waals surface area contributed by atoms with Crippen molar-refractivity contribution < 1.29 is 9.53 Å². The Hall–Kier alpha value is -2.41. The van der Waals surface area contributed by atoms with E-state index in [1.807, 2.05) is 6.07 Å². The summed E-state index contributed by atoms with van der Waals surface area (Å²) in [4.78, 5) is 26.2. The first-order chi connectivity index (χ1) is 10.6. The van der Waals surface area contributed by atoms with Crippen molar-refractivity contribution in [3.63, 3.8) is 0 Å². The zero-order chi connectivity index (χ0) is 15.5. The third-order valence-electron chi connectivity index (χ3n) is 3.68. The van der Waals surface area contributed by atoms with Gasteiger partial charge < -0.3 is 15.0 Å². The highest BCUT2D eigenvalue weighted by Crippen LogP contribution is 2.25. The van der Waals surface area contributed by atoms with Crippen molar-refractivity contribution in [2.45, 2.75) is 25.7 Å².